The lowest BCUT2D eigenvalue weighted by molar-refractivity contribution is 0.532. The first-order valence-electron chi connectivity index (χ1n) is 4.67. The van der Waals surface area contributed by atoms with E-state index in [9.17, 15) is 0 Å². The Morgan fingerprint density at radius 2 is 2.25 bits per heavy atom. The largest absolute Gasteiger partial charge is 0.421 e. The first-order chi connectivity index (χ1) is 7.74. The third-order valence-corrected chi connectivity index (χ3v) is 3.04. The Bertz CT molecular complexity index is 658. The summed E-state index contributed by atoms with van der Waals surface area (Å²) >= 11 is 2.23. The lowest BCUT2D eigenvalue weighted by Crippen LogP contribution is -1.87. The van der Waals surface area contributed by atoms with Crippen LogP contribution in [0.25, 0.3) is 17.1 Å². The van der Waals surface area contributed by atoms with E-state index >= 15 is 0 Å². The molecule has 3 heterocycles. The minimum absolute atomic E-state index is 0.526. The maximum Gasteiger partial charge on any atom is 0.247 e. The van der Waals surface area contributed by atoms with Crippen molar-refractivity contribution in [2.75, 3.05) is 0 Å². The molecular weight excluding hydrogens is 319 g/mol. The van der Waals surface area contributed by atoms with Crippen molar-refractivity contribution in [2.24, 2.45) is 0 Å². The van der Waals surface area contributed by atoms with Crippen molar-refractivity contribution in [1.29, 1.82) is 0 Å². The smallest absolute Gasteiger partial charge is 0.247 e. The summed E-state index contributed by atoms with van der Waals surface area (Å²) in [6, 6.07) is 3.86. The number of pyridine rings is 1. The minimum Gasteiger partial charge on any atom is -0.421 e. The number of aromatic nitrogens is 4. The van der Waals surface area contributed by atoms with Gasteiger partial charge in [-0.3, -0.25) is 4.40 Å². The van der Waals surface area contributed by atoms with Crippen LogP contribution in [0.2, 0.25) is 0 Å². The molecule has 0 unspecified atom stereocenters. The van der Waals surface area contributed by atoms with E-state index in [-0.39, 0.29) is 0 Å². The van der Waals surface area contributed by atoms with Gasteiger partial charge in [0, 0.05) is 18.7 Å². The summed E-state index contributed by atoms with van der Waals surface area (Å²) in [6.07, 6.45) is 3.76. The zero-order valence-corrected chi connectivity index (χ0v) is 10.5. The fourth-order valence-electron chi connectivity index (χ4n) is 1.50. The monoisotopic (exact) mass is 326 g/mol. The molecule has 0 fully saturated rings. The van der Waals surface area contributed by atoms with Gasteiger partial charge in [0.1, 0.15) is 9.35 Å². The van der Waals surface area contributed by atoms with Crippen LogP contribution >= 0.6 is 22.6 Å². The summed E-state index contributed by atoms with van der Waals surface area (Å²) in [5.74, 6) is 1.09. The van der Waals surface area contributed by atoms with Crippen LogP contribution in [0.4, 0.5) is 0 Å². The molecule has 0 saturated carbocycles. The maximum absolute atomic E-state index is 5.36. The SMILES string of the molecule is Cc1nnc(-c2ccn3c(I)cnc3c2)o1. The quantitative estimate of drug-likeness (QED) is 0.644. The summed E-state index contributed by atoms with van der Waals surface area (Å²) < 4.78 is 8.43. The van der Waals surface area contributed by atoms with Crippen molar-refractivity contribution < 1.29 is 4.42 Å². The summed E-state index contributed by atoms with van der Waals surface area (Å²) in [5, 5.41) is 7.78. The Morgan fingerprint density at radius 3 is 3.00 bits per heavy atom. The van der Waals surface area contributed by atoms with E-state index in [0.29, 0.717) is 11.8 Å². The Balaban J connectivity index is 2.18. The number of rotatable bonds is 1. The number of halogens is 1. The standard InChI is InChI=1S/C10H7IN4O/c1-6-13-14-10(16-6)7-2-3-15-8(11)5-12-9(15)4-7/h2-5H,1H3. The normalized spacial score (nSPS) is 11.1. The number of aryl methyl sites for hydroxylation is 1. The van der Waals surface area contributed by atoms with Gasteiger partial charge in [-0.05, 0) is 34.7 Å². The molecule has 80 valence electrons. The van der Waals surface area contributed by atoms with Crippen LogP contribution in [0.1, 0.15) is 5.89 Å². The lowest BCUT2D eigenvalue weighted by atomic mass is 10.2. The summed E-state index contributed by atoms with van der Waals surface area (Å²) in [4.78, 5) is 4.28. The molecule has 0 atom stereocenters. The van der Waals surface area contributed by atoms with Gasteiger partial charge in [0.25, 0.3) is 0 Å². The van der Waals surface area contributed by atoms with Crippen molar-refractivity contribution in [2.45, 2.75) is 6.92 Å². The molecule has 0 N–H and O–H groups in total. The summed E-state index contributed by atoms with van der Waals surface area (Å²) in [7, 11) is 0. The van der Waals surface area contributed by atoms with Gasteiger partial charge in [0.2, 0.25) is 11.8 Å². The molecule has 0 aliphatic rings. The maximum atomic E-state index is 5.36. The van der Waals surface area contributed by atoms with Crippen molar-refractivity contribution >= 4 is 28.2 Å². The van der Waals surface area contributed by atoms with Gasteiger partial charge in [0.05, 0.1) is 6.20 Å². The molecule has 0 aromatic carbocycles. The molecule has 0 aliphatic heterocycles. The predicted octanol–water partition coefficient (Wildman–Crippen LogP) is 2.30. The summed E-state index contributed by atoms with van der Waals surface area (Å²) in [6.45, 7) is 1.77. The molecule has 0 bridgehead atoms. The van der Waals surface area contributed by atoms with Crippen molar-refractivity contribution in [3.63, 3.8) is 0 Å². The molecule has 3 rings (SSSR count). The summed E-state index contributed by atoms with van der Waals surface area (Å²) in [5.41, 5.74) is 1.76. The van der Waals surface area contributed by atoms with Gasteiger partial charge in [-0.25, -0.2) is 4.98 Å². The number of hydrogen-bond acceptors (Lipinski definition) is 4. The fourth-order valence-corrected chi connectivity index (χ4v) is 2.04. The van der Waals surface area contributed by atoms with E-state index in [2.05, 4.69) is 37.8 Å². The molecule has 0 saturated heterocycles. The molecule has 0 aliphatic carbocycles. The van der Waals surface area contributed by atoms with Gasteiger partial charge >= 0.3 is 0 Å². The van der Waals surface area contributed by atoms with E-state index < -0.39 is 0 Å². The second-order valence-corrected chi connectivity index (χ2v) is 4.46. The highest BCUT2D eigenvalue weighted by Gasteiger charge is 2.08. The van der Waals surface area contributed by atoms with Crippen LogP contribution in [0.15, 0.2) is 28.9 Å². The molecule has 5 nitrogen and oxygen atoms in total. The third kappa shape index (κ3) is 1.49. The van der Waals surface area contributed by atoms with E-state index in [4.69, 9.17) is 4.42 Å². The van der Waals surface area contributed by atoms with Crippen LogP contribution in [-0.4, -0.2) is 19.6 Å². The van der Waals surface area contributed by atoms with Crippen LogP contribution in [0, 0.1) is 10.6 Å². The van der Waals surface area contributed by atoms with E-state index in [0.717, 1.165) is 14.9 Å². The van der Waals surface area contributed by atoms with Crippen LogP contribution in [-0.2, 0) is 0 Å². The molecule has 16 heavy (non-hydrogen) atoms. The Hall–Kier alpha value is -1.44. The highest BCUT2D eigenvalue weighted by Crippen LogP contribution is 2.20. The van der Waals surface area contributed by atoms with Crippen LogP contribution in [0.5, 0.6) is 0 Å². The van der Waals surface area contributed by atoms with E-state index in [1.807, 2.05) is 28.9 Å². The van der Waals surface area contributed by atoms with Gasteiger partial charge in [0.15, 0.2) is 0 Å². The Morgan fingerprint density at radius 1 is 1.38 bits per heavy atom. The zero-order valence-electron chi connectivity index (χ0n) is 8.38. The van der Waals surface area contributed by atoms with E-state index in [1.54, 1.807) is 6.92 Å². The van der Waals surface area contributed by atoms with Crippen LogP contribution < -0.4 is 0 Å². The van der Waals surface area contributed by atoms with Gasteiger partial charge in [-0.2, -0.15) is 0 Å². The first-order valence-corrected chi connectivity index (χ1v) is 5.75. The fraction of sp³-hybridized carbons (Fsp3) is 0.100. The highest BCUT2D eigenvalue weighted by molar-refractivity contribution is 14.1. The Kier molecular flexibility index (Phi) is 2.16. The molecule has 0 amide bonds. The van der Waals surface area contributed by atoms with Crippen LogP contribution in [0.3, 0.4) is 0 Å². The zero-order chi connectivity index (χ0) is 11.1. The second-order valence-electron chi connectivity index (χ2n) is 3.35. The van der Waals surface area contributed by atoms with Gasteiger partial charge < -0.3 is 4.42 Å². The van der Waals surface area contributed by atoms with Crippen molar-refractivity contribution in [1.82, 2.24) is 19.6 Å². The van der Waals surface area contributed by atoms with Crippen molar-refractivity contribution in [3.05, 3.63) is 34.1 Å². The molecule has 6 heteroatoms. The highest BCUT2D eigenvalue weighted by atomic mass is 127. The number of fused-ring (bicyclic) bond motifs is 1. The van der Waals surface area contributed by atoms with E-state index in [1.165, 1.54) is 0 Å². The molecular formula is C10H7IN4O. The molecule has 3 aromatic heterocycles. The Labute approximate surface area is 105 Å². The molecule has 0 radical (unpaired) electrons. The number of hydrogen-bond donors (Lipinski definition) is 0. The average molecular weight is 326 g/mol. The van der Waals surface area contributed by atoms with Crippen molar-refractivity contribution in [3.8, 4) is 11.5 Å². The predicted molar refractivity (Wildman–Crippen MR) is 65.9 cm³/mol. The topological polar surface area (TPSA) is 56.2 Å². The number of imidazole rings is 1. The van der Waals surface area contributed by atoms with Gasteiger partial charge in [-0.15, -0.1) is 10.2 Å². The minimum atomic E-state index is 0.526. The average Bonchev–Trinajstić information content (AvgIpc) is 2.86. The molecule has 3 aromatic rings. The lowest BCUT2D eigenvalue weighted by Gasteiger charge is -1.97. The third-order valence-electron chi connectivity index (χ3n) is 2.24. The van der Waals surface area contributed by atoms with Gasteiger partial charge in [-0.1, -0.05) is 0 Å². The number of nitrogens with zero attached hydrogens (tertiary/aromatic N) is 4. The second kappa shape index (κ2) is 3.55. The molecule has 0 spiro atoms. The first kappa shape index (κ1) is 9.76.